The number of hydrogen-bond donors (Lipinski definition) is 0. The van der Waals surface area contributed by atoms with Crippen LogP contribution in [-0.2, 0) is 18.9 Å². The van der Waals surface area contributed by atoms with E-state index in [4.69, 9.17) is 22.0 Å². The third-order valence-corrected chi connectivity index (χ3v) is 3.92. The van der Waals surface area contributed by atoms with Gasteiger partial charge in [-0.2, -0.15) is 0 Å². The van der Waals surface area contributed by atoms with Crippen molar-refractivity contribution in [2.45, 2.75) is 0 Å². The highest BCUT2D eigenvalue weighted by Gasteiger charge is 2.07. The number of methoxy groups -OCH3 is 2. The van der Waals surface area contributed by atoms with Crippen molar-refractivity contribution in [3.63, 3.8) is 0 Å². The van der Waals surface area contributed by atoms with E-state index in [0.717, 1.165) is 19.6 Å². The first-order valence-electron chi connectivity index (χ1n) is 8.05. The predicted molar refractivity (Wildman–Crippen MR) is 102 cm³/mol. The number of hydrogen-bond acceptors (Lipinski definition) is 7. The van der Waals surface area contributed by atoms with Crippen LogP contribution in [0.5, 0.6) is 5.75 Å². The van der Waals surface area contributed by atoms with Crippen molar-refractivity contribution >= 4 is 29.0 Å². The molecule has 25 heavy (non-hydrogen) atoms. The molecule has 0 fully saturated rings. The summed E-state index contributed by atoms with van der Waals surface area (Å²) in [6.45, 7) is 4.92. The van der Waals surface area contributed by atoms with Gasteiger partial charge in [0.25, 0.3) is 0 Å². The zero-order valence-electron chi connectivity index (χ0n) is 14.7. The topological polar surface area (TPSA) is 66.5 Å². The molecule has 0 N–H and O–H groups in total. The van der Waals surface area contributed by atoms with Gasteiger partial charge in [-0.3, -0.25) is 4.90 Å². The second-order valence-corrected chi connectivity index (χ2v) is 5.62. The first-order valence-corrected chi connectivity index (χ1v) is 8.93. The Morgan fingerprint density at radius 2 is 1.52 bits per heavy atom. The fourth-order valence-electron chi connectivity index (χ4n) is 1.99. The first-order chi connectivity index (χ1) is 12.2. The molecule has 0 aliphatic heterocycles. The summed E-state index contributed by atoms with van der Waals surface area (Å²) in [5.41, 5.74) is 0.488. The number of ether oxygens (including phenoxy) is 4. The highest BCUT2D eigenvalue weighted by atomic mass is 127. The molecule has 0 unspecified atom stereocenters. The molecule has 0 spiro atoms. The van der Waals surface area contributed by atoms with Crippen molar-refractivity contribution in [3.05, 3.63) is 29.8 Å². The maximum Gasteiger partial charge on any atom is 0.338 e. The van der Waals surface area contributed by atoms with Gasteiger partial charge in [-0.15, -0.1) is 0 Å². The van der Waals surface area contributed by atoms with Gasteiger partial charge in [0.1, 0.15) is 12.4 Å². The van der Waals surface area contributed by atoms with Gasteiger partial charge in [0.05, 0.1) is 32.0 Å². The van der Waals surface area contributed by atoms with E-state index in [2.05, 4.69) is 4.90 Å². The van der Waals surface area contributed by atoms with Crippen LogP contribution in [0.1, 0.15) is 10.4 Å². The highest BCUT2D eigenvalue weighted by Crippen LogP contribution is 2.14. The standard InChI is InChI=1S/C17H26INO6/c1-21-10-7-19(8-11-22-2)9-12-23-13-14-24-17(20)15-3-5-16(25-18)6-4-15/h3-6H,7-14H2,1-2H3. The van der Waals surface area contributed by atoms with E-state index in [1.165, 1.54) is 0 Å². The maximum atomic E-state index is 11.9. The largest absolute Gasteiger partial charge is 0.460 e. The molecular formula is C17H26INO6. The normalized spacial score (nSPS) is 10.9. The van der Waals surface area contributed by atoms with Gasteiger partial charge in [0.2, 0.25) is 0 Å². The fraction of sp³-hybridized carbons (Fsp3) is 0.588. The van der Waals surface area contributed by atoms with Crippen molar-refractivity contribution in [3.8, 4) is 5.75 Å². The SMILES string of the molecule is COCCN(CCOC)CCOCCOC(=O)c1ccc(OI)cc1. The summed E-state index contributed by atoms with van der Waals surface area (Å²) in [7, 11) is 3.36. The number of carbonyl (C=O) groups is 1. The summed E-state index contributed by atoms with van der Waals surface area (Å²) in [5.74, 6) is 0.317. The molecule has 0 aromatic heterocycles. The zero-order chi connectivity index (χ0) is 18.3. The van der Waals surface area contributed by atoms with Gasteiger partial charge >= 0.3 is 5.97 Å². The Labute approximate surface area is 163 Å². The summed E-state index contributed by atoms with van der Waals surface area (Å²) in [5, 5.41) is 0. The van der Waals surface area contributed by atoms with Crippen molar-refractivity contribution < 1.29 is 26.8 Å². The average Bonchev–Trinajstić information content (AvgIpc) is 2.65. The van der Waals surface area contributed by atoms with Gasteiger partial charge in [0, 0.05) is 33.9 Å². The lowest BCUT2D eigenvalue weighted by Gasteiger charge is -2.21. The van der Waals surface area contributed by atoms with Crippen LogP contribution >= 0.6 is 23.0 Å². The number of esters is 1. The van der Waals surface area contributed by atoms with Gasteiger partial charge < -0.3 is 22.0 Å². The maximum absolute atomic E-state index is 11.9. The molecule has 0 bridgehead atoms. The van der Waals surface area contributed by atoms with Gasteiger partial charge in [0.15, 0.2) is 23.0 Å². The summed E-state index contributed by atoms with van der Waals surface area (Å²) in [6, 6.07) is 6.77. The Kier molecular flexibility index (Phi) is 12.6. The summed E-state index contributed by atoms with van der Waals surface area (Å²) < 4.78 is 25.9. The predicted octanol–water partition coefficient (Wildman–Crippen LogP) is 2.18. The molecular weight excluding hydrogens is 441 g/mol. The molecule has 1 rings (SSSR count). The number of rotatable bonds is 14. The van der Waals surface area contributed by atoms with Crippen LogP contribution in [0.25, 0.3) is 0 Å². The van der Waals surface area contributed by atoms with Crippen LogP contribution in [0.2, 0.25) is 0 Å². The molecule has 142 valence electrons. The minimum absolute atomic E-state index is 0.222. The Morgan fingerprint density at radius 3 is 2.08 bits per heavy atom. The van der Waals surface area contributed by atoms with E-state index >= 15 is 0 Å². The molecule has 7 nitrogen and oxygen atoms in total. The Bertz CT molecular complexity index is 463. The summed E-state index contributed by atoms with van der Waals surface area (Å²) in [6.07, 6.45) is 0. The monoisotopic (exact) mass is 467 g/mol. The molecule has 0 aliphatic carbocycles. The van der Waals surface area contributed by atoms with Crippen LogP contribution in [-0.4, -0.2) is 77.8 Å². The van der Waals surface area contributed by atoms with Crippen LogP contribution < -0.4 is 3.07 Å². The lowest BCUT2D eigenvalue weighted by atomic mass is 10.2. The second kappa shape index (κ2) is 14.3. The van der Waals surface area contributed by atoms with E-state index in [-0.39, 0.29) is 12.6 Å². The molecule has 0 amide bonds. The van der Waals surface area contributed by atoms with E-state index in [1.54, 1.807) is 61.5 Å². The molecule has 0 aliphatic rings. The average molecular weight is 467 g/mol. The van der Waals surface area contributed by atoms with Gasteiger partial charge in [-0.1, -0.05) is 0 Å². The molecule has 1 aromatic carbocycles. The zero-order valence-corrected chi connectivity index (χ0v) is 16.9. The van der Waals surface area contributed by atoms with Crippen LogP contribution in [0, 0.1) is 0 Å². The van der Waals surface area contributed by atoms with Crippen molar-refractivity contribution in [2.75, 3.05) is 66.9 Å². The number of carbonyl (C=O) groups excluding carboxylic acids is 1. The molecule has 1 aromatic rings. The lowest BCUT2D eigenvalue weighted by molar-refractivity contribution is 0.0254. The Hall–Kier alpha value is -0.940. The van der Waals surface area contributed by atoms with Crippen molar-refractivity contribution in [2.24, 2.45) is 0 Å². The van der Waals surface area contributed by atoms with Crippen molar-refractivity contribution in [1.82, 2.24) is 4.90 Å². The molecule has 0 radical (unpaired) electrons. The Balaban J connectivity index is 2.15. The van der Waals surface area contributed by atoms with E-state index in [0.29, 0.717) is 37.7 Å². The number of benzene rings is 1. The van der Waals surface area contributed by atoms with Crippen LogP contribution in [0.15, 0.2) is 24.3 Å². The lowest BCUT2D eigenvalue weighted by Crippen LogP contribution is -2.33. The summed E-state index contributed by atoms with van der Waals surface area (Å²) >= 11 is 1.79. The molecule has 0 heterocycles. The van der Waals surface area contributed by atoms with E-state index in [9.17, 15) is 4.79 Å². The smallest absolute Gasteiger partial charge is 0.338 e. The third-order valence-electron chi connectivity index (χ3n) is 3.42. The highest BCUT2D eigenvalue weighted by molar-refractivity contribution is 14.1. The van der Waals surface area contributed by atoms with E-state index in [1.807, 2.05) is 0 Å². The van der Waals surface area contributed by atoms with Crippen LogP contribution in [0.3, 0.4) is 0 Å². The van der Waals surface area contributed by atoms with E-state index < -0.39 is 0 Å². The fourth-order valence-corrected chi connectivity index (χ4v) is 2.28. The molecule has 8 heteroatoms. The number of halogens is 1. The van der Waals surface area contributed by atoms with Crippen LogP contribution in [0.4, 0.5) is 0 Å². The third kappa shape index (κ3) is 9.95. The first kappa shape index (κ1) is 22.1. The quantitative estimate of drug-likeness (QED) is 0.236. The minimum Gasteiger partial charge on any atom is -0.460 e. The molecule has 0 atom stereocenters. The summed E-state index contributed by atoms with van der Waals surface area (Å²) in [4.78, 5) is 14.1. The number of nitrogens with zero attached hydrogens (tertiary/aromatic N) is 1. The minimum atomic E-state index is -0.370. The Morgan fingerprint density at radius 1 is 0.920 bits per heavy atom. The molecule has 0 saturated heterocycles. The second-order valence-electron chi connectivity index (χ2n) is 5.18. The van der Waals surface area contributed by atoms with Gasteiger partial charge in [-0.25, -0.2) is 4.79 Å². The molecule has 0 saturated carbocycles. The van der Waals surface area contributed by atoms with Gasteiger partial charge in [-0.05, 0) is 24.3 Å². The van der Waals surface area contributed by atoms with Crippen molar-refractivity contribution in [1.29, 1.82) is 0 Å².